The molecule has 5 aliphatic rings. The van der Waals surface area contributed by atoms with Crippen LogP contribution in [-0.4, -0.2) is 56.9 Å². The van der Waals surface area contributed by atoms with Crippen LogP contribution < -0.4 is 0 Å². The Morgan fingerprint density at radius 1 is 0.600 bits per heavy atom. The van der Waals surface area contributed by atoms with Gasteiger partial charge in [0.1, 0.15) is 12.2 Å². The molecule has 3 heterocycles. The van der Waals surface area contributed by atoms with Gasteiger partial charge in [-0.05, 0) is 25.7 Å². The van der Waals surface area contributed by atoms with E-state index < -0.39 is 11.6 Å². The van der Waals surface area contributed by atoms with Gasteiger partial charge in [0.05, 0.1) is 25.4 Å². The molecule has 6 nitrogen and oxygen atoms in total. The molecule has 2 saturated carbocycles. The SMILES string of the molecule is [B]1O[C@H]([C@H]2COC3(CCCCC3)O2)[C@@H]([C@H]2COC3(CCCCC3)O2)O1. The molecular formula is C18H28BO6. The van der Waals surface area contributed by atoms with Crippen molar-refractivity contribution in [2.24, 2.45) is 0 Å². The van der Waals surface area contributed by atoms with Crippen LogP contribution in [0.1, 0.15) is 64.2 Å². The molecule has 0 N–H and O–H groups in total. The first-order valence-corrected chi connectivity index (χ1v) is 10.0. The summed E-state index contributed by atoms with van der Waals surface area (Å²) in [5.74, 6) is -0.784. The summed E-state index contributed by atoms with van der Waals surface area (Å²) >= 11 is 0. The standard InChI is InChI=1S/C18H28BO6/c1-3-7-17(8-4-1)20-11-13(22-17)15-16(25-19-24-15)14-12-21-18(23-14)9-5-2-6-10-18/h13-16H,1-12H2/t13-,14-,15-,16-/m1/s1. The Morgan fingerprint density at radius 3 is 1.48 bits per heavy atom. The highest BCUT2D eigenvalue weighted by atomic mass is 16.8. The maximum absolute atomic E-state index is 6.36. The molecule has 0 amide bonds. The fourth-order valence-electron chi connectivity index (χ4n) is 5.10. The van der Waals surface area contributed by atoms with Gasteiger partial charge in [-0.3, -0.25) is 0 Å². The van der Waals surface area contributed by atoms with E-state index in [0.717, 1.165) is 25.7 Å². The van der Waals surface area contributed by atoms with Crippen LogP contribution >= 0.6 is 0 Å². The fourth-order valence-corrected chi connectivity index (χ4v) is 5.10. The van der Waals surface area contributed by atoms with E-state index in [1.165, 1.54) is 46.2 Å². The van der Waals surface area contributed by atoms with E-state index in [2.05, 4.69) is 0 Å². The molecule has 0 aromatic rings. The van der Waals surface area contributed by atoms with E-state index in [4.69, 9.17) is 28.3 Å². The average Bonchev–Trinajstić information content (AvgIpc) is 3.36. The lowest BCUT2D eigenvalue weighted by Crippen LogP contribution is -2.46. The summed E-state index contributed by atoms with van der Waals surface area (Å²) in [7, 11) is 1.44. The fraction of sp³-hybridized carbons (Fsp3) is 1.00. The Balaban J connectivity index is 1.24. The maximum atomic E-state index is 6.36. The second-order valence-corrected chi connectivity index (χ2v) is 8.17. The molecule has 2 aliphatic carbocycles. The molecule has 5 rings (SSSR count). The molecule has 7 heteroatoms. The minimum absolute atomic E-state index is 0.103. The quantitative estimate of drug-likeness (QED) is 0.713. The van der Waals surface area contributed by atoms with Gasteiger partial charge >= 0.3 is 7.69 Å². The molecule has 3 aliphatic heterocycles. The van der Waals surface area contributed by atoms with Gasteiger partial charge in [-0.1, -0.05) is 12.8 Å². The van der Waals surface area contributed by atoms with E-state index in [1.54, 1.807) is 0 Å². The normalized spacial score (nSPS) is 42.9. The molecule has 0 aromatic heterocycles. The largest absolute Gasteiger partial charge is 0.488 e. The van der Waals surface area contributed by atoms with Crippen LogP contribution in [0.25, 0.3) is 0 Å². The second-order valence-electron chi connectivity index (χ2n) is 8.17. The Bertz CT molecular complexity index is 434. The lowest BCUT2D eigenvalue weighted by molar-refractivity contribution is -0.206. The van der Waals surface area contributed by atoms with Crippen molar-refractivity contribution in [3.05, 3.63) is 0 Å². The van der Waals surface area contributed by atoms with E-state index in [0.29, 0.717) is 13.2 Å². The van der Waals surface area contributed by atoms with Crippen molar-refractivity contribution in [2.75, 3.05) is 13.2 Å². The summed E-state index contributed by atoms with van der Waals surface area (Å²) in [5.41, 5.74) is 0. The highest BCUT2D eigenvalue weighted by Crippen LogP contribution is 2.43. The molecule has 2 spiro atoms. The number of hydrogen-bond donors (Lipinski definition) is 0. The molecule has 4 atom stereocenters. The summed E-state index contributed by atoms with van der Waals surface area (Å²) in [5, 5.41) is 0. The Morgan fingerprint density at radius 2 is 1.04 bits per heavy atom. The monoisotopic (exact) mass is 351 g/mol. The predicted molar refractivity (Wildman–Crippen MR) is 88.8 cm³/mol. The zero-order valence-electron chi connectivity index (χ0n) is 14.8. The third kappa shape index (κ3) is 3.17. The number of hydrogen-bond acceptors (Lipinski definition) is 6. The predicted octanol–water partition coefficient (Wildman–Crippen LogP) is 2.46. The van der Waals surface area contributed by atoms with Crippen LogP contribution in [-0.2, 0) is 28.3 Å². The molecule has 25 heavy (non-hydrogen) atoms. The lowest BCUT2D eigenvalue weighted by Gasteiger charge is -2.34. The topological polar surface area (TPSA) is 55.4 Å². The van der Waals surface area contributed by atoms with Crippen LogP contribution in [0.4, 0.5) is 0 Å². The van der Waals surface area contributed by atoms with Gasteiger partial charge < -0.3 is 28.3 Å². The van der Waals surface area contributed by atoms with Crippen LogP contribution in [0.2, 0.25) is 0 Å². The van der Waals surface area contributed by atoms with Gasteiger partial charge in [0.15, 0.2) is 11.6 Å². The van der Waals surface area contributed by atoms with E-state index in [-0.39, 0.29) is 24.4 Å². The van der Waals surface area contributed by atoms with Crippen LogP contribution in [0.3, 0.4) is 0 Å². The van der Waals surface area contributed by atoms with Crippen LogP contribution in [0.5, 0.6) is 0 Å². The third-order valence-corrected chi connectivity index (χ3v) is 6.47. The van der Waals surface area contributed by atoms with Gasteiger partial charge in [-0.2, -0.15) is 0 Å². The average molecular weight is 351 g/mol. The molecule has 0 bridgehead atoms. The van der Waals surface area contributed by atoms with Gasteiger partial charge in [0.2, 0.25) is 0 Å². The minimum Gasteiger partial charge on any atom is -0.405 e. The van der Waals surface area contributed by atoms with Crippen LogP contribution in [0.15, 0.2) is 0 Å². The molecule has 0 unspecified atom stereocenters. The Labute approximate surface area is 150 Å². The highest BCUT2D eigenvalue weighted by Gasteiger charge is 2.53. The van der Waals surface area contributed by atoms with Gasteiger partial charge in [0.25, 0.3) is 0 Å². The summed E-state index contributed by atoms with van der Waals surface area (Å²) in [6, 6.07) is 0. The summed E-state index contributed by atoms with van der Waals surface area (Å²) in [4.78, 5) is 0. The lowest BCUT2D eigenvalue weighted by atomic mass is 9.94. The summed E-state index contributed by atoms with van der Waals surface area (Å²) in [6.45, 7) is 1.13. The summed E-state index contributed by atoms with van der Waals surface area (Å²) < 4.78 is 36.4. The molecule has 139 valence electrons. The maximum Gasteiger partial charge on any atom is 0.488 e. The molecule has 1 radical (unpaired) electrons. The highest BCUT2D eigenvalue weighted by molar-refractivity contribution is 6.19. The smallest absolute Gasteiger partial charge is 0.405 e. The van der Waals surface area contributed by atoms with Gasteiger partial charge in [0, 0.05) is 25.7 Å². The molecule has 3 saturated heterocycles. The van der Waals surface area contributed by atoms with Crippen molar-refractivity contribution >= 4 is 7.69 Å². The van der Waals surface area contributed by atoms with E-state index in [1.807, 2.05) is 0 Å². The van der Waals surface area contributed by atoms with Gasteiger partial charge in [-0.15, -0.1) is 0 Å². The Kier molecular flexibility index (Phi) is 4.59. The summed E-state index contributed by atoms with van der Waals surface area (Å²) in [6.07, 6.45) is 10.6. The van der Waals surface area contributed by atoms with Crippen molar-refractivity contribution in [1.82, 2.24) is 0 Å². The zero-order valence-corrected chi connectivity index (χ0v) is 14.8. The first-order valence-electron chi connectivity index (χ1n) is 10.0. The second kappa shape index (κ2) is 6.77. The van der Waals surface area contributed by atoms with E-state index in [9.17, 15) is 0 Å². The number of rotatable bonds is 2. The van der Waals surface area contributed by atoms with Crippen LogP contribution in [0, 0.1) is 0 Å². The van der Waals surface area contributed by atoms with Crippen molar-refractivity contribution < 1.29 is 28.3 Å². The zero-order chi connectivity index (χ0) is 16.7. The van der Waals surface area contributed by atoms with Crippen molar-refractivity contribution in [3.63, 3.8) is 0 Å². The molecule has 5 fully saturated rings. The molecule has 0 aromatic carbocycles. The first-order chi connectivity index (χ1) is 12.3. The first kappa shape index (κ1) is 17.0. The van der Waals surface area contributed by atoms with Gasteiger partial charge in [-0.25, -0.2) is 0 Å². The van der Waals surface area contributed by atoms with Crippen molar-refractivity contribution in [2.45, 2.75) is 100 Å². The third-order valence-electron chi connectivity index (χ3n) is 6.47. The minimum atomic E-state index is -0.392. The molecular weight excluding hydrogens is 323 g/mol. The Hall–Kier alpha value is -0.175. The van der Waals surface area contributed by atoms with Crippen molar-refractivity contribution in [1.29, 1.82) is 0 Å². The number of ether oxygens (including phenoxy) is 4. The van der Waals surface area contributed by atoms with E-state index >= 15 is 0 Å². The van der Waals surface area contributed by atoms with Crippen molar-refractivity contribution in [3.8, 4) is 0 Å².